The van der Waals surface area contributed by atoms with E-state index in [1.165, 1.54) is 0 Å². The third kappa shape index (κ3) is 1.71. The van der Waals surface area contributed by atoms with E-state index in [4.69, 9.17) is 16.3 Å². The third-order valence-corrected chi connectivity index (χ3v) is 8.98. The molecule has 1 heterocycles. The molecule has 3 nitrogen and oxygen atoms in total. The Morgan fingerprint density at radius 2 is 1.81 bits per heavy atom. The van der Waals surface area contributed by atoms with Gasteiger partial charge in [0.25, 0.3) is 0 Å². The second-order valence-electron chi connectivity index (χ2n) is 7.64. The number of halogens is 3. The van der Waals surface area contributed by atoms with Gasteiger partial charge in [-0.3, -0.25) is 0 Å². The fourth-order valence-corrected chi connectivity index (χ4v) is 6.69. The zero-order valence-corrected chi connectivity index (χ0v) is 16.5. The smallest absolute Gasteiger partial charge is 0.205 e. The Morgan fingerprint density at radius 1 is 1.24 bits per heavy atom. The number of ether oxygens (including phenoxy) is 1. The Hall–Kier alpha value is 0.870. The summed E-state index contributed by atoms with van der Waals surface area (Å²) in [6.45, 7) is 7.70. The normalized spacial score (nSPS) is 58.6. The van der Waals surface area contributed by atoms with Gasteiger partial charge in [-0.15, -0.1) is 11.6 Å². The van der Waals surface area contributed by atoms with E-state index in [0.717, 1.165) is 0 Å². The van der Waals surface area contributed by atoms with Crippen LogP contribution in [-0.2, 0) is 4.74 Å². The predicted octanol–water partition coefficient (Wildman–Crippen LogP) is 3.68. The Balaban J connectivity index is 2.25. The highest BCUT2D eigenvalue weighted by Crippen LogP contribution is 2.73. The average Bonchev–Trinajstić information content (AvgIpc) is 2.42. The first kappa shape index (κ1) is 16.7. The van der Waals surface area contributed by atoms with Crippen LogP contribution in [0.2, 0.25) is 0 Å². The number of hydrogen-bond acceptors (Lipinski definition) is 3. The van der Waals surface area contributed by atoms with Gasteiger partial charge in [-0.1, -0.05) is 29.8 Å². The van der Waals surface area contributed by atoms with E-state index in [0.29, 0.717) is 17.3 Å². The first-order chi connectivity index (χ1) is 9.32. The lowest BCUT2D eigenvalue weighted by atomic mass is 9.47. The minimum Gasteiger partial charge on any atom is -0.385 e. The maximum absolute atomic E-state index is 11.2. The van der Waals surface area contributed by atoms with Crippen molar-refractivity contribution < 1.29 is 14.9 Å². The summed E-state index contributed by atoms with van der Waals surface area (Å²) in [5.41, 5.74) is -2.35. The number of fused-ring (bicyclic) bond motifs is 1. The van der Waals surface area contributed by atoms with Gasteiger partial charge in [-0.2, -0.15) is 0 Å². The Labute approximate surface area is 147 Å². The van der Waals surface area contributed by atoms with Crippen molar-refractivity contribution >= 4 is 43.5 Å². The van der Waals surface area contributed by atoms with Crippen LogP contribution < -0.4 is 0 Å². The molecule has 1 saturated carbocycles. The molecule has 2 aliphatic carbocycles. The van der Waals surface area contributed by atoms with E-state index in [-0.39, 0.29) is 10.9 Å². The van der Waals surface area contributed by atoms with Crippen molar-refractivity contribution in [2.24, 2.45) is 10.8 Å². The average molecular weight is 445 g/mol. The van der Waals surface area contributed by atoms with Gasteiger partial charge in [0.2, 0.25) is 5.79 Å². The second-order valence-corrected chi connectivity index (χ2v) is 10.5. The molecule has 21 heavy (non-hydrogen) atoms. The van der Waals surface area contributed by atoms with Gasteiger partial charge >= 0.3 is 0 Å². The van der Waals surface area contributed by atoms with Gasteiger partial charge in [-0.25, -0.2) is 0 Å². The summed E-state index contributed by atoms with van der Waals surface area (Å²) >= 11 is 13.7. The quantitative estimate of drug-likeness (QED) is 0.561. The van der Waals surface area contributed by atoms with Crippen LogP contribution in [0.1, 0.15) is 40.5 Å². The van der Waals surface area contributed by atoms with E-state index < -0.39 is 27.1 Å². The standard InChI is InChI=1S/C15H21Br2ClO3/c1-11(2)14-6-8(16)12(3,18)7-10(14)21-15(11,20)9(17)5-13(14,4)19/h5,8,10,19-20H,6-7H2,1-4H3/t8-,10-,12-,13+,14-,15-/m0/s1. The zero-order valence-electron chi connectivity index (χ0n) is 12.6. The van der Waals surface area contributed by atoms with Crippen molar-refractivity contribution in [3.8, 4) is 0 Å². The van der Waals surface area contributed by atoms with Crippen molar-refractivity contribution in [2.45, 2.75) is 67.7 Å². The van der Waals surface area contributed by atoms with Crippen molar-refractivity contribution in [2.75, 3.05) is 0 Å². The van der Waals surface area contributed by atoms with Gasteiger partial charge in [0.15, 0.2) is 0 Å². The van der Waals surface area contributed by atoms with Gasteiger partial charge in [0.05, 0.1) is 21.1 Å². The Morgan fingerprint density at radius 3 is 2.38 bits per heavy atom. The van der Waals surface area contributed by atoms with Gasteiger partial charge in [0.1, 0.15) is 0 Å². The lowest BCUT2D eigenvalue weighted by molar-refractivity contribution is -0.207. The molecule has 2 bridgehead atoms. The SMILES string of the molecule is CC1(C)[C@@]2(O)O[C@H]3C[C@](C)(Cl)[C@@H](Br)C[C@]31[C@](C)(O)C=C2Br. The van der Waals surface area contributed by atoms with Crippen LogP contribution in [0, 0.1) is 10.8 Å². The van der Waals surface area contributed by atoms with E-state index in [1.807, 2.05) is 20.8 Å². The van der Waals surface area contributed by atoms with Gasteiger partial charge < -0.3 is 14.9 Å². The van der Waals surface area contributed by atoms with Crippen LogP contribution in [0.25, 0.3) is 0 Å². The van der Waals surface area contributed by atoms with Crippen molar-refractivity contribution in [3.63, 3.8) is 0 Å². The minimum atomic E-state index is -1.43. The molecule has 6 atom stereocenters. The molecule has 2 N–H and O–H groups in total. The maximum atomic E-state index is 11.2. The van der Waals surface area contributed by atoms with Crippen molar-refractivity contribution in [3.05, 3.63) is 10.6 Å². The third-order valence-electron chi connectivity index (χ3n) is 6.20. The number of aliphatic hydroxyl groups is 2. The highest BCUT2D eigenvalue weighted by molar-refractivity contribution is 9.11. The molecule has 0 unspecified atom stereocenters. The summed E-state index contributed by atoms with van der Waals surface area (Å²) in [7, 11) is 0. The van der Waals surface area contributed by atoms with E-state index in [9.17, 15) is 10.2 Å². The molecule has 2 fully saturated rings. The lowest BCUT2D eigenvalue weighted by Crippen LogP contribution is -2.66. The molecule has 120 valence electrons. The Bertz CT molecular complexity index is 531. The molecule has 0 aromatic rings. The molecule has 0 radical (unpaired) electrons. The van der Waals surface area contributed by atoms with Crippen LogP contribution in [-0.4, -0.2) is 37.4 Å². The molecule has 3 rings (SSSR count). The largest absolute Gasteiger partial charge is 0.385 e. The summed E-state index contributed by atoms with van der Waals surface area (Å²) in [5, 5.41) is 22.3. The zero-order chi connectivity index (χ0) is 16.1. The summed E-state index contributed by atoms with van der Waals surface area (Å²) in [6, 6.07) is 0. The summed E-state index contributed by atoms with van der Waals surface area (Å²) < 4.78 is 6.58. The second kappa shape index (κ2) is 4.28. The fourth-order valence-electron chi connectivity index (χ4n) is 4.74. The van der Waals surface area contributed by atoms with Crippen LogP contribution >= 0.6 is 43.5 Å². The Kier molecular flexibility index (Phi) is 3.41. The van der Waals surface area contributed by atoms with E-state index in [2.05, 4.69) is 31.9 Å². The topological polar surface area (TPSA) is 49.7 Å². The monoisotopic (exact) mass is 442 g/mol. The maximum Gasteiger partial charge on any atom is 0.205 e. The molecule has 1 aliphatic heterocycles. The van der Waals surface area contributed by atoms with Crippen molar-refractivity contribution in [1.82, 2.24) is 0 Å². The van der Waals surface area contributed by atoms with Crippen LogP contribution in [0.3, 0.4) is 0 Å². The van der Waals surface area contributed by atoms with Gasteiger partial charge in [0, 0.05) is 15.7 Å². The minimum absolute atomic E-state index is 0.0323. The first-order valence-electron chi connectivity index (χ1n) is 7.16. The molecule has 0 aromatic carbocycles. The molecule has 3 aliphatic rings. The number of rotatable bonds is 0. The fraction of sp³-hybridized carbons (Fsp3) is 0.867. The molecule has 6 heteroatoms. The van der Waals surface area contributed by atoms with Crippen LogP contribution in [0.5, 0.6) is 0 Å². The van der Waals surface area contributed by atoms with E-state index >= 15 is 0 Å². The molecule has 0 aromatic heterocycles. The molecule has 1 saturated heterocycles. The molecule has 1 spiro atoms. The highest BCUT2D eigenvalue weighted by atomic mass is 79.9. The van der Waals surface area contributed by atoms with Crippen LogP contribution in [0.15, 0.2) is 10.6 Å². The number of hydrogen-bond donors (Lipinski definition) is 2. The summed E-state index contributed by atoms with van der Waals surface area (Å²) in [6.07, 6.45) is 2.58. The first-order valence-corrected chi connectivity index (χ1v) is 9.25. The van der Waals surface area contributed by atoms with E-state index in [1.54, 1.807) is 13.0 Å². The number of alkyl halides is 2. The highest BCUT2D eigenvalue weighted by Gasteiger charge is 2.79. The molecule has 0 amide bonds. The predicted molar refractivity (Wildman–Crippen MR) is 89.9 cm³/mol. The van der Waals surface area contributed by atoms with Gasteiger partial charge in [-0.05, 0) is 48.7 Å². The lowest BCUT2D eigenvalue weighted by Gasteiger charge is -2.59. The van der Waals surface area contributed by atoms with Crippen LogP contribution in [0.4, 0.5) is 0 Å². The summed E-state index contributed by atoms with van der Waals surface area (Å²) in [5.74, 6) is -1.43. The molecular weight excluding hydrogens is 423 g/mol. The van der Waals surface area contributed by atoms with Crippen molar-refractivity contribution in [1.29, 1.82) is 0 Å². The molecular formula is C15H21Br2ClO3. The summed E-state index contributed by atoms with van der Waals surface area (Å²) in [4.78, 5) is -0.438.